The molecule has 2 N–H and O–H groups in total. The van der Waals surface area contributed by atoms with E-state index in [0.717, 1.165) is 22.3 Å². The minimum atomic E-state index is 0.228. The lowest BCUT2D eigenvalue weighted by Crippen LogP contribution is -1.89. The molecule has 0 aliphatic carbocycles. The lowest BCUT2D eigenvalue weighted by Gasteiger charge is -2.10. The molecule has 24 heavy (non-hydrogen) atoms. The van der Waals surface area contributed by atoms with Gasteiger partial charge in [0.05, 0.1) is 10.0 Å². The highest BCUT2D eigenvalue weighted by Gasteiger charge is 2.11. The fourth-order valence-corrected chi connectivity index (χ4v) is 2.64. The second kappa shape index (κ2) is 8.64. The molecule has 0 saturated heterocycles. The van der Waals surface area contributed by atoms with Gasteiger partial charge in [0.1, 0.15) is 11.5 Å². The van der Waals surface area contributed by atoms with Gasteiger partial charge in [-0.3, -0.25) is 0 Å². The second-order valence-corrected chi connectivity index (χ2v) is 7.33. The van der Waals surface area contributed by atoms with Crippen LogP contribution in [-0.4, -0.2) is 10.2 Å². The molecule has 2 nitrogen and oxygen atoms in total. The van der Waals surface area contributed by atoms with Crippen LogP contribution in [0.15, 0.2) is 24.3 Å². The van der Waals surface area contributed by atoms with Gasteiger partial charge in [0.2, 0.25) is 0 Å². The average Bonchev–Trinajstić information content (AvgIpc) is 2.50. The molecule has 0 spiro atoms. The van der Waals surface area contributed by atoms with E-state index in [1.165, 1.54) is 0 Å². The third-order valence-corrected chi connectivity index (χ3v) is 4.88. The molecular formula is C20H26Cl2O2. The molecule has 0 aromatic heterocycles. The quantitative estimate of drug-likeness (QED) is 0.601. The van der Waals surface area contributed by atoms with E-state index in [9.17, 15) is 10.2 Å². The Morgan fingerprint density at radius 3 is 1.21 bits per heavy atom. The molecule has 0 aliphatic heterocycles. The molecular weight excluding hydrogens is 343 g/mol. The maximum absolute atomic E-state index is 9.62. The third-order valence-electron chi connectivity index (χ3n) is 3.92. The summed E-state index contributed by atoms with van der Waals surface area (Å²) in [7, 11) is 0. The molecule has 0 saturated carbocycles. The highest BCUT2D eigenvalue weighted by atomic mass is 35.5. The van der Waals surface area contributed by atoms with Crippen molar-refractivity contribution in [1.82, 2.24) is 0 Å². The minimum Gasteiger partial charge on any atom is -0.506 e. The van der Waals surface area contributed by atoms with Gasteiger partial charge >= 0.3 is 0 Å². The normalized spacial score (nSPS) is 10.8. The van der Waals surface area contributed by atoms with Crippen molar-refractivity contribution in [1.29, 1.82) is 0 Å². The zero-order chi connectivity index (χ0) is 18.6. The lowest BCUT2D eigenvalue weighted by molar-refractivity contribution is 0.464. The summed E-state index contributed by atoms with van der Waals surface area (Å²) in [4.78, 5) is 0. The Morgan fingerprint density at radius 1 is 0.667 bits per heavy atom. The summed E-state index contributed by atoms with van der Waals surface area (Å²) in [6.45, 7) is 11.9. The summed E-state index contributed by atoms with van der Waals surface area (Å²) in [5.41, 5.74) is 3.65. The molecule has 0 bridgehead atoms. The number of benzene rings is 2. The maximum atomic E-state index is 9.62. The summed E-state index contributed by atoms with van der Waals surface area (Å²) < 4.78 is 0. The van der Waals surface area contributed by atoms with E-state index in [2.05, 4.69) is 0 Å². The van der Waals surface area contributed by atoms with Crippen LogP contribution in [0.1, 0.15) is 61.8 Å². The highest BCUT2D eigenvalue weighted by Crippen LogP contribution is 2.35. The first kappa shape index (κ1) is 20.7. The summed E-state index contributed by atoms with van der Waals surface area (Å²) >= 11 is 11.8. The van der Waals surface area contributed by atoms with Gasteiger partial charge in [-0.15, -0.1) is 0 Å². The van der Waals surface area contributed by atoms with Gasteiger partial charge in [0.25, 0.3) is 0 Å². The molecule has 0 heterocycles. The number of hydrogen-bond acceptors (Lipinski definition) is 2. The van der Waals surface area contributed by atoms with Crippen molar-refractivity contribution >= 4 is 23.2 Å². The number of phenols is 2. The van der Waals surface area contributed by atoms with Crippen LogP contribution in [-0.2, 0) is 0 Å². The van der Waals surface area contributed by atoms with E-state index in [0.29, 0.717) is 21.9 Å². The van der Waals surface area contributed by atoms with Gasteiger partial charge in [0, 0.05) is 0 Å². The summed E-state index contributed by atoms with van der Waals surface area (Å²) in [6.07, 6.45) is 0. The van der Waals surface area contributed by atoms with Crippen LogP contribution in [0.2, 0.25) is 10.0 Å². The van der Waals surface area contributed by atoms with Crippen LogP contribution >= 0.6 is 23.2 Å². The number of phenolic OH excluding ortho intramolecular Hbond substituents is 2. The van der Waals surface area contributed by atoms with Gasteiger partial charge in [-0.2, -0.15) is 0 Å². The Hall–Kier alpha value is -1.38. The van der Waals surface area contributed by atoms with Crippen LogP contribution in [0.4, 0.5) is 0 Å². The topological polar surface area (TPSA) is 40.5 Å². The van der Waals surface area contributed by atoms with Gasteiger partial charge in [-0.05, 0) is 47.9 Å². The molecule has 0 aliphatic rings. The predicted octanol–water partition coefficient (Wildman–Crippen LogP) is 6.95. The minimum absolute atomic E-state index is 0.228. The van der Waals surface area contributed by atoms with Crippen LogP contribution in [0.3, 0.4) is 0 Å². The lowest BCUT2D eigenvalue weighted by atomic mass is 10.0. The van der Waals surface area contributed by atoms with Crippen molar-refractivity contribution in [3.8, 4) is 11.5 Å². The molecule has 4 heteroatoms. The third kappa shape index (κ3) is 4.81. The van der Waals surface area contributed by atoms with Crippen LogP contribution in [0.25, 0.3) is 0 Å². The van der Waals surface area contributed by atoms with Crippen molar-refractivity contribution in [3.63, 3.8) is 0 Å². The van der Waals surface area contributed by atoms with Crippen LogP contribution in [0, 0.1) is 13.8 Å². The Labute approximate surface area is 155 Å². The molecule has 0 amide bonds. The SMILES string of the molecule is Cc1ccc(C(C)C)c(O)c1Cl.Cc1ccc(C(C)C)c(O)c1Cl. The number of halogens is 2. The molecule has 0 fully saturated rings. The van der Waals surface area contributed by atoms with Crippen molar-refractivity contribution in [2.24, 2.45) is 0 Å². The number of hydrogen-bond donors (Lipinski definition) is 2. The standard InChI is InChI=1S/2C10H13ClO/c2*1-6(2)8-5-4-7(3)9(11)10(8)12/h2*4-6,12H,1-3H3. The van der Waals surface area contributed by atoms with Crippen molar-refractivity contribution < 1.29 is 10.2 Å². The molecule has 0 radical (unpaired) electrons. The first-order valence-corrected chi connectivity index (χ1v) is 8.79. The monoisotopic (exact) mass is 368 g/mol. The molecule has 132 valence electrons. The Bertz CT molecular complexity index is 646. The van der Waals surface area contributed by atoms with Crippen LogP contribution in [0.5, 0.6) is 11.5 Å². The predicted molar refractivity (Wildman–Crippen MR) is 104 cm³/mol. The summed E-state index contributed by atoms with van der Waals surface area (Å²) in [5, 5.41) is 20.2. The fourth-order valence-electron chi connectivity index (χ4n) is 2.29. The van der Waals surface area contributed by atoms with Gasteiger partial charge in [-0.25, -0.2) is 0 Å². The zero-order valence-corrected chi connectivity index (χ0v) is 16.6. The van der Waals surface area contributed by atoms with E-state index in [1.54, 1.807) is 0 Å². The molecule has 2 rings (SSSR count). The number of rotatable bonds is 2. The van der Waals surface area contributed by atoms with Gasteiger partial charge in [0.15, 0.2) is 0 Å². The van der Waals surface area contributed by atoms with Crippen LogP contribution < -0.4 is 0 Å². The van der Waals surface area contributed by atoms with Crippen molar-refractivity contribution in [2.45, 2.75) is 53.4 Å². The maximum Gasteiger partial charge on any atom is 0.137 e. The second-order valence-electron chi connectivity index (χ2n) is 6.58. The van der Waals surface area contributed by atoms with E-state index in [4.69, 9.17) is 23.2 Å². The smallest absolute Gasteiger partial charge is 0.137 e. The molecule has 2 aromatic carbocycles. The Morgan fingerprint density at radius 2 is 0.958 bits per heavy atom. The number of aromatic hydroxyl groups is 2. The van der Waals surface area contributed by atoms with E-state index in [1.807, 2.05) is 65.8 Å². The average molecular weight is 369 g/mol. The van der Waals surface area contributed by atoms with Crippen molar-refractivity contribution in [3.05, 3.63) is 56.6 Å². The molecule has 0 atom stereocenters. The fraction of sp³-hybridized carbons (Fsp3) is 0.400. The summed E-state index contributed by atoms with van der Waals surface area (Å²) in [6, 6.07) is 7.69. The van der Waals surface area contributed by atoms with Crippen molar-refractivity contribution in [2.75, 3.05) is 0 Å². The molecule has 0 unspecified atom stereocenters. The van der Waals surface area contributed by atoms with E-state index in [-0.39, 0.29) is 11.5 Å². The van der Waals surface area contributed by atoms with Gasteiger partial charge < -0.3 is 10.2 Å². The largest absolute Gasteiger partial charge is 0.506 e. The highest BCUT2D eigenvalue weighted by molar-refractivity contribution is 6.33. The number of aryl methyl sites for hydroxylation is 2. The first-order valence-electron chi connectivity index (χ1n) is 8.03. The Balaban J connectivity index is 0.000000240. The summed E-state index contributed by atoms with van der Waals surface area (Å²) in [5.74, 6) is 1.07. The van der Waals surface area contributed by atoms with E-state index < -0.39 is 0 Å². The molecule has 2 aromatic rings. The first-order chi connectivity index (χ1) is 11.1. The Kier molecular flexibility index (Phi) is 7.44. The zero-order valence-electron chi connectivity index (χ0n) is 15.1. The van der Waals surface area contributed by atoms with E-state index >= 15 is 0 Å². The van der Waals surface area contributed by atoms with Gasteiger partial charge in [-0.1, -0.05) is 75.2 Å².